The molecule has 2 nitrogen and oxygen atoms in total. The molecule has 0 radical (unpaired) electrons. The van der Waals surface area contributed by atoms with Gasteiger partial charge in [-0.15, -0.1) is 0 Å². The summed E-state index contributed by atoms with van der Waals surface area (Å²) in [5.41, 5.74) is 8.49. The Labute approximate surface area is 98.4 Å². The van der Waals surface area contributed by atoms with E-state index in [9.17, 15) is 0 Å². The molecule has 1 saturated heterocycles. The molecule has 0 spiro atoms. The number of nitrogens with zero attached hydrogens (tertiary/aromatic N) is 1. The van der Waals surface area contributed by atoms with E-state index >= 15 is 0 Å². The lowest BCUT2D eigenvalue weighted by molar-refractivity contribution is 0.313. The van der Waals surface area contributed by atoms with E-state index in [2.05, 4.69) is 36.1 Å². The number of nitrogens with two attached hydrogens (primary N) is 1. The van der Waals surface area contributed by atoms with E-state index in [0.29, 0.717) is 0 Å². The predicted molar refractivity (Wildman–Crippen MR) is 68.2 cm³/mol. The highest BCUT2D eigenvalue weighted by Gasteiger charge is 2.21. The van der Waals surface area contributed by atoms with Crippen LogP contribution in [0.1, 0.15) is 24.0 Å². The van der Waals surface area contributed by atoms with E-state index < -0.39 is 0 Å². The highest BCUT2D eigenvalue weighted by atomic mass is 15.1. The van der Waals surface area contributed by atoms with Crippen LogP contribution in [0.2, 0.25) is 0 Å². The molecule has 1 fully saturated rings. The van der Waals surface area contributed by atoms with Crippen LogP contribution >= 0.6 is 0 Å². The molecule has 1 unspecified atom stereocenters. The molecule has 2 N–H and O–H groups in total. The number of likely N-dealkylation sites (tertiary alicyclic amines) is 1. The normalized spacial score (nSPS) is 21.5. The van der Waals surface area contributed by atoms with Crippen molar-refractivity contribution >= 4 is 0 Å². The maximum atomic E-state index is 5.61. The molecule has 1 aliphatic rings. The summed E-state index contributed by atoms with van der Waals surface area (Å²) in [4.78, 5) is 2.56. The standard InChI is InChI=1S/C14H22N2/c1-12-4-2-3-5-14(12)11-16-9-7-13(10-16)6-8-15/h2-5,13H,6-11,15H2,1H3. The van der Waals surface area contributed by atoms with Crippen LogP contribution < -0.4 is 5.73 Å². The van der Waals surface area contributed by atoms with E-state index in [4.69, 9.17) is 5.73 Å². The van der Waals surface area contributed by atoms with Gasteiger partial charge in [0.15, 0.2) is 0 Å². The molecule has 0 saturated carbocycles. The second-order valence-corrected chi connectivity index (χ2v) is 4.89. The van der Waals surface area contributed by atoms with Gasteiger partial charge in [-0.05, 0) is 49.9 Å². The molecule has 0 aromatic heterocycles. The summed E-state index contributed by atoms with van der Waals surface area (Å²) in [5, 5.41) is 0. The average molecular weight is 218 g/mol. The minimum absolute atomic E-state index is 0.828. The number of hydrogen-bond acceptors (Lipinski definition) is 2. The second-order valence-electron chi connectivity index (χ2n) is 4.89. The van der Waals surface area contributed by atoms with Crippen LogP contribution in [0.25, 0.3) is 0 Å². The van der Waals surface area contributed by atoms with Gasteiger partial charge in [0.25, 0.3) is 0 Å². The summed E-state index contributed by atoms with van der Waals surface area (Å²) in [7, 11) is 0. The average Bonchev–Trinajstić information content (AvgIpc) is 2.70. The zero-order valence-corrected chi connectivity index (χ0v) is 10.2. The molecule has 1 heterocycles. The Hall–Kier alpha value is -0.860. The largest absolute Gasteiger partial charge is 0.330 e. The van der Waals surface area contributed by atoms with Crippen LogP contribution in [-0.2, 0) is 6.54 Å². The van der Waals surface area contributed by atoms with Crippen molar-refractivity contribution in [2.24, 2.45) is 11.7 Å². The fourth-order valence-electron chi connectivity index (χ4n) is 2.56. The molecule has 1 aromatic rings. The van der Waals surface area contributed by atoms with E-state index in [0.717, 1.165) is 19.0 Å². The van der Waals surface area contributed by atoms with Gasteiger partial charge < -0.3 is 5.73 Å². The van der Waals surface area contributed by atoms with Crippen LogP contribution in [-0.4, -0.2) is 24.5 Å². The minimum Gasteiger partial charge on any atom is -0.330 e. The van der Waals surface area contributed by atoms with Gasteiger partial charge in [-0.1, -0.05) is 24.3 Å². The van der Waals surface area contributed by atoms with Gasteiger partial charge in [0.2, 0.25) is 0 Å². The SMILES string of the molecule is Cc1ccccc1CN1CCC(CCN)C1. The first-order valence-electron chi connectivity index (χ1n) is 6.26. The van der Waals surface area contributed by atoms with E-state index in [1.165, 1.54) is 37.1 Å². The van der Waals surface area contributed by atoms with Gasteiger partial charge in [0.1, 0.15) is 0 Å². The number of rotatable bonds is 4. The van der Waals surface area contributed by atoms with Crippen molar-refractivity contribution in [3.63, 3.8) is 0 Å². The quantitative estimate of drug-likeness (QED) is 0.839. The fourth-order valence-corrected chi connectivity index (χ4v) is 2.56. The monoisotopic (exact) mass is 218 g/mol. The maximum Gasteiger partial charge on any atom is 0.0236 e. The molecule has 1 atom stereocenters. The van der Waals surface area contributed by atoms with Crippen LogP contribution in [0.5, 0.6) is 0 Å². The summed E-state index contributed by atoms with van der Waals surface area (Å²) < 4.78 is 0. The van der Waals surface area contributed by atoms with Gasteiger partial charge in [-0.3, -0.25) is 4.90 Å². The Balaban J connectivity index is 1.90. The van der Waals surface area contributed by atoms with Crippen molar-refractivity contribution in [1.82, 2.24) is 4.90 Å². The van der Waals surface area contributed by atoms with Gasteiger partial charge >= 0.3 is 0 Å². The van der Waals surface area contributed by atoms with Crippen LogP contribution in [0.4, 0.5) is 0 Å². The molecular formula is C14H22N2. The van der Waals surface area contributed by atoms with Crippen molar-refractivity contribution in [2.45, 2.75) is 26.3 Å². The van der Waals surface area contributed by atoms with Gasteiger partial charge in [0, 0.05) is 13.1 Å². The van der Waals surface area contributed by atoms with E-state index in [1.807, 2.05) is 0 Å². The van der Waals surface area contributed by atoms with Crippen molar-refractivity contribution in [2.75, 3.05) is 19.6 Å². The third-order valence-electron chi connectivity index (χ3n) is 3.60. The maximum absolute atomic E-state index is 5.61. The van der Waals surface area contributed by atoms with Gasteiger partial charge in [-0.25, -0.2) is 0 Å². The molecule has 16 heavy (non-hydrogen) atoms. The third kappa shape index (κ3) is 2.83. The highest BCUT2D eigenvalue weighted by Crippen LogP contribution is 2.21. The van der Waals surface area contributed by atoms with Gasteiger partial charge in [0.05, 0.1) is 0 Å². The Bertz CT molecular complexity index is 335. The lowest BCUT2D eigenvalue weighted by Gasteiger charge is -2.17. The van der Waals surface area contributed by atoms with Gasteiger partial charge in [-0.2, -0.15) is 0 Å². The molecule has 0 aliphatic carbocycles. The molecule has 1 aliphatic heterocycles. The zero-order chi connectivity index (χ0) is 11.4. The molecule has 2 heteroatoms. The minimum atomic E-state index is 0.828. The molecule has 1 aromatic carbocycles. The Kier molecular flexibility index (Phi) is 3.97. The first-order chi connectivity index (χ1) is 7.79. The van der Waals surface area contributed by atoms with Crippen molar-refractivity contribution < 1.29 is 0 Å². The summed E-state index contributed by atoms with van der Waals surface area (Å²) in [6, 6.07) is 8.68. The number of aryl methyl sites for hydroxylation is 1. The molecular weight excluding hydrogens is 196 g/mol. The summed E-state index contributed by atoms with van der Waals surface area (Å²) >= 11 is 0. The second kappa shape index (κ2) is 5.46. The number of benzene rings is 1. The lowest BCUT2D eigenvalue weighted by Crippen LogP contribution is -2.21. The third-order valence-corrected chi connectivity index (χ3v) is 3.60. The predicted octanol–water partition coefficient (Wildman–Crippen LogP) is 2.17. The van der Waals surface area contributed by atoms with Crippen LogP contribution in [0.3, 0.4) is 0 Å². The smallest absolute Gasteiger partial charge is 0.0236 e. The van der Waals surface area contributed by atoms with Crippen LogP contribution in [0.15, 0.2) is 24.3 Å². The fraction of sp³-hybridized carbons (Fsp3) is 0.571. The Morgan fingerprint density at radius 2 is 2.19 bits per heavy atom. The summed E-state index contributed by atoms with van der Waals surface area (Å²) in [6.07, 6.45) is 2.51. The van der Waals surface area contributed by atoms with E-state index in [-0.39, 0.29) is 0 Å². The first-order valence-corrected chi connectivity index (χ1v) is 6.26. The van der Waals surface area contributed by atoms with E-state index in [1.54, 1.807) is 0 Å². The first kappa shape index (κ1) is 11.6. The Morgan fingerprint density at radius 1 is 1.38 bits per heavy atom. The molecule has 0 bridgehead atoms. The lowest BCUT2D eigenvalue weighted by atomic mass is 10.1. The summed E-state index contributed by atoms with van der Waals surface area (Å²) in [6.45, 7) is 6.60. The topological polar surface area (TPSA) is 29.3 Å². The molecule has 88 valence electrons. The van der Waals surface area contributed by atoms with Crippen molar-refractivity contribution in [1.29, 1.82) is 0 Å². The Morgan fingerprint density at radius 3 is 2.94 bits per heavy atom. The zero-order valence-electron chi connectivity index (χ0n) is 10.2. The highest BCUT2D eigenvalue weighted by molar-refractivity contribution is 5.25. The summed E-state index contributed by atoms with van der Waals surface area (Å²) in [5.74, 6) is 0.828. The van der Waals surface area contributed by atoms with Crippen molar-refractivity contribution in [3.8, 4) is 0 Å². The van der Waals surface area contributed by atoms with Crippen molar-refractivity contribution in [3.05, 3.63) is 35.4 Å². The molecule has 0 amide bonds. The van der Waals surface area contributed by atoms with Crippen LogP contribution in [0, 0.1) is 12.8 Å². The number of hydrogen-bond donors (Lipinski definition) is 1. The molecule has 2 rings (SSSR count).